The zero-order valence-electron chi connectivity index (χ0n) is 30.8. The number of carbonyl (C=O) groups is 3. The Morgan fingerprint density at radius 1 is 1.00 bits per heavy atom. The van der Waals surface area contributed by atoms with Crippen molar-refractivity contribution in [2.45, 2.75) is 77.1 Å². The maximum atomic E-state index is 13.1. The Hall–Kier alpha value is -4.72. The Labute approximate surface area is 326 Å². The second-order valence-electron chi connectivity index (χ2n) is 12.7. The van der Waals surface area contributed by atoms with E-state index in [2.05, 4.69) is 25.4 Å². The number of benzene rings is 2. The Kier molecular flexibility index (Phi) is 14.7. The fourth-order valence-corrected chi connectivity index (χ4v) is 6.70. The molecule has 2 aromatic carbocycles. The summed E-state index contributed by atoms with van der Waals surface area (Å²) in [5.74, 6) is -0.779. The number of carbonyl (C=O) groups excluding carboxylic acids is 3. The highest BCUT2D eigenvalue weighted by molar-refractivity contribution is 7.50. The van der Waals surface area contributed by atoms with Gasteiger partial charge in [-0.25, -0.2) is 34.2 Å². The standard InChI is InChI=1S/C35H42ClN6O13P/c1-22(2)53-31(43)23(3)41-56(46,47)52-17-26-28(55-34(45)50-18-36)35(4,51-21-48-15-24-11-7-5-8-12-24)32(54-26)42-20-39-27-29(37-19-38-30(27)42)40-33(44)49-16-25-13-9-6-10-14-25/h5-14,19-20,22-23,26,28,32H,15-18,21H2,1-4H3,(H2,41,46,47)(H,37,38,40,44)/t23?,26-,28?,32-,35+/m1/s1. The average molecular weight is 821 g/mol. The summed E-state index contributed by atoms with van der Waals surface area (Å²) in [6, 6.07) is 16.5. The molecule has 0 radical (unpaired) electrons. The van der Waals surface area contributed by atoms with Gasteiger partial charge in [0.05, 0.1) is 25.6 Å². The maximum Gasteiger partial charge on any atom is 0.509 e. The number of imidazole rings is 1. The minimum absolute atomic E-state index is 0.00151. The molecule has 3 N–H and O–H groups in total. The molecule has 4 aromatic rings. The van der Waals surface area contributed by atoms with Crippen molar-refractivity contribution < 1.29 is 61.5 Å². The average Bonchev–Trinajstić information content (AvgIpc) is 3.71. The van der Waals surface area contributed by atoms with Gasteiger partial charge in [-0.1, -0.05) is 72.3 Å². The molecule has 5 rings (SSSR count). The largest absolute Gasteiger partial charge is 0.509 e. The Morgan fingerprint density at radius 3 is 2.34 bits per heavy atom. The van der Waals surface area contributed by atoms with Crippen LogP contribution in [-0.2, 0) is 60.3 Å². The number of fused-ring (bicyclic) bond motifs is 1. The molecule has 1 saturated heterocycles. The first-order chi connectivity index (χ1) is 26.8. The number of rotatable bonds is 18. The lowest BCUT2D eigenvalue weighted by Gasteiger charge is -2.34. The third kappa shape index (κ3) is 11.2. The van der Waals surface area contributed by atoms with Crippen LogP contribution in [0, 0.1) is 0 Å². The van der Waals surface area contributed by atoms with Crippen molar-refractivity contribution >= 4 is 54.5 Å². The molecule has 19 nitrogen and oxygen atoms in total. The number of aromatic nitrogens is 4. The number of ether oxygens (including phenoxy) is 7. The van der Waals surface area contributed by atoms with Crippen molar-refractivity contribution in [3.63, 3.8) is 0 Å². The summed E-state index contributed by atoms with van der Waals surface area (Å²) in [5, 5.41) is 4.79. The van der Waals surface area contributed by atoms with Crippen molar-refractivity contribution in [3.8, 4) is 0 Å². The number of hydrogen-bond donors (Lipinski definition) is 3. The smallest absolute Gasteiger partial charge is 0.462 e. The highest BCUT2D eigenvalue weighted by atomic mass is 35.5. The van der Waals surface area contributed by atoms with Gasteiger partial charge >= 0.3 is 26.0 Å². The summed E-state index contributed by atoms with van der Waals surface area (Å²) in [6.07, 6.45) is -4.03. The Bertz CT molecular complexity index is 1980. The van der Waals surface area contributed by atoms with E-state index in [1.807, 2.05) is 48.5 Å². The summed E-state index contributed by atoms with van der Waals surface area (Å²) in [7, 11) is -4.72. The van der Waals surface area contributed by atoms with Crippen LogP contribution in [0.5, 0.6) is 0 Å². The van der Waals surface area contributed by atoms with Crippen molar-refractivity contribution in [2.24, 2.45) is 0 Å². The lowest BCUT2D eigenvalue weighted by molar-refractivity contribution is -0.198. The summed E-state index contributed by atoms with van der Waals surface area (Å²) in [4.78, 5) is 61.4. The number of anilines is 1. The number of nitrogens with one attached hydrogen (secondary N) is 2. The first-order valence-corrected chi connectivity index (χ1v) is 19.3. The molecule has 3 unspecified atom stereocenters. The molecule has 1 amide bonds. The number of hydrogen-bond acceptors (Lipinski definition) is 15. The van der Waals surface area contributed by atoms with Gasteiger partial charge in [-0.3, -0.25) is 19.2 Å². The summed E-state index contributed by atoms with van der Waals surface area (Å²) >= 11 is 5.64. The molecule has 0 aliphatic carbocycles. The first-order valence-electron chi connectivity index (χ1n) is 17.2. The normalized spacial score (nSPS) is 20.9. The number of esters is 1. The molecular formula is C35H42ClN6O13P. The maximum absolute atomic E-state index is 13.1. The van der Waals surface area contributed by atoms with Crippen molar-refractivity contribution in [1.29, 1.82) is 0 Å². The highest BCUT2D eigenvalue weighted by Gasteiger charge is 2.59. The van der Waals surface area contributed by atoms with Gasteiger partial charge in [0.2, 0.25) is 0 Å². The zero-order chi connectivity index (χ0) is 40.3. The van der Waals surface area contributed by atoms with E-state index in [4.69, 9.17) is 49.3 Å². The van der Waals surface area contributed by atoms with Gasteiger partial charge in [-0.15, -0.1) is 0 Å². The fourth-order valence-electron chi connectivity index (χ4n) is 5.60. The molecule has 21 heteroatoms. The molecular weight excluding hydrogens is 779 g/mol. The van der Waals surface area contributed by atoms with Gasteiger partial charge < -0.3 is 38.1 Å². The van der Waals surface area contributed by atoms with E-state index >= 15 is 0 Å². The number of amides is 1. The minimum atomic E-state index is -4.72. The molecule has 0 spiro atoms. The molecule has 302 valence electrons. The lowest BCUT2D eigenvalue weighted by atomic mass is 9.95. The summed E-state index contributed by atoms with van der Waals surface area (Å²) in [5.41, 5.74) is 0.187. The predicted octanol–water partition coefficient (Wildman–Crippen LogP) is 5.19. The van der Waals surface area contributed by atoms with Gasteiger partial charge in [0, 0.05) is 0 Å². The SMILES string of the molecule is CC(C)OC(=O)C(C)NP(=O)(O)OC[C@H]1O[C@@H](n2cnc3c(NC(=O)OCc4ccccc4)ncnc32)[C@@](C)(OCOCc2ccccc2)C1OC(=O)OCCl. The van der Waals surface area contributed by atoms with E-state index in [9.17, 15) is 23.8 Å². The quantitative estimate of drug-likeness (QED) is 0.0293. The monoisotopic (exact) mass is 820 g/mol. The van der Waals surface area contributed by atoms with Crippen LogP contribution >= 0.6 is 19.3 Å². The Balaban J connectivity index is 1.43. The number of nitrogens with zero attached hydrogens (tertiary/aromatic N) is 4. The number of alkyl halides is 1. The minimum Gasteiger partial charge on any atom is -0.462 e. The van der Waals surface area contributed by atoms with Crippen molar-refractivity contribution in [2.75, 3.05) is 24.8 Å². The third-order valence-corrected chi connectivity index (χ3v) is 9.50. The molecule has 1 aliphatic heterocycles. The Morgan fingerprint density at radius 2 is 1.68 bits per heavy atom. The topological polar surface area (TPSA) is 230 Å². The van der Waals surface area contributed by atoms with E-state index in [0.29, 0.717) is 0 Å². The lowest BCUT2D eigenvalue weighted by Crippen LogP contribution is -2.49. The van der Waals surface area contributed by atoms with E-state index in [0.717, 1.165) is 11.1 Å². The van der Waals surface area contributed by atoms with Crippen LogP contribution in [-0.4, -0.2) is 92.1 Å². The predicted molar refractivity (Wildman–Crippen MR) is 197 cm³/mol. The van der Waals surface area contributed by atoms with Crippen molar-refractivity contribution in [3.05, 3.63) is 84.4 Å². The van der Waals surface area contributed by atoms with Crippen LogP contribution in [0.25, 0.3) is 11.2 Å². The third-order valence-electron chi connectivity index (χ3n) is 8.18. The van der Waals surface area contributed by atoms with E-state index < -0.39 is 74.8 Å². The van der Waals surface area contributed by atoms with Gasteiger partial charge in [-0.05, 0) is 38.8 Å². The molecule has 1 aliphatic rings. The molecule has 56 heavy (non-hydrogen) atoms. The van der Waals surface area contributed by atoms with Gasteiger partial charge in [0.15, 0.2) is 41.0 Å². The molecule has 1 fully saturated rings. The van der Waals surface area contributed by atoms with E-state index in [1.165, 1.54) is 31.1 Å². The van der Waals surface area contributed by atoms with Gasteiger partial charge in [0.1, 0.15) is 31.9 Å². The second-order valence-corrected chi connectivity index (χ2v) is 14.5. The summed E-state index contributed by atoms with van der Waals surface area (Å²) < 4.78 is 59.4. The van der Waals surface area contributed by atoms with E-state index in [1.54, 1.807) is 26.0 Å². The fraction of sp³-hybridized carbons (Fsp3) is 0.429. The van der Waals surface area contributed by atoms with Gasteiger partial charge in [0.25, 0.3) is 0 Å². The second kappa shape index (κ2) is 19.4. The number of halogens is 1. The first kappa shape index (κ1) is 42.4. The zero-order valence-corrected chi connectivity index (χ0v) is 32.5. The van der Waals surface area contributed by atoms with Crippen LogP contribution < -0.4 is 10.4 Å². The van der Waals surface area contributed by atoms with Gasteiger partial charge in [-0.2, -0.15) is 0 Å². The van der Waals surface area contributed by atoms with E-state index in [-0.39, 0.29) is 37.0 Å². The molecule has 0 bridgehead atoms. The molecule has 0 saturated carbocycles. The van der Waals surface area contributed by atoms with Crippen LogP contribution in [0.4, 0.5) is 15.4 Å². The molecule has 2 aromatic heterocycles. The van der Waals surface area contributed by atoms with Crippen molar-refractivity contribution in [1.82, 2.24) is 24.6 Å². The van der Waals surface area contributed by atoms with Crippen LogP contribution in [0.15, 0.2) is 73.3 Å². The summed E-state index contributed by atoms with van der Waals surface area (Å²) in [6.45, 7) is 5.23. The van der Waals surface area contributed by atoms with Crippen LogP contribution in [0.2, 0.25) is 0 Å². The van der Waals surface area contributed by atoms with Crippen LogP contribution in [0.1, 0.15) is 45.0 Å². The van der Waals surface area contributed by atoms with Crippen LogP contribution in [0.3, 0.4) is 0 Å². The highest BCUT2D eigenvalue weighted by Crippen LogP contribution is 2.46. The molecule has 3 heterocycles. The molecule has 6 atom stereocenters.